The van der Waals surface area contributed by atoms with Crippen LogP contribution in [0, 0.1) is 6.92 Å². The number of nitrogens with zero attached hydrogens (tertiary/aromatic N) is 1. The quantitative estimate of drug-likeness (QED) is 0.394. The van der Waals surface area contributed by atoms with Gasteiger partial charge < -0.3 is 4.18 Å². The van der Waals surface area contributed by atoms with Gasteiger partial charge in [0, 0.05) is 5.56 Å². The summed E-state index contributed by atoms with van der Waals surface area (Å²) in [5.74, 6) is -0.190. The van der Waals surface area contributed by atoms with E-state index in [2.05, 4.69) is 10.5 Å². The molecule has 0 spiro atoms. The SMILES string of the molecule is Cc1ccc(S(=O)(=O)Oc2cccc(/C=N\NC(=O)c3ccccc3)c2)cc1. The third-order valence-corrected chi connectivity index (χ3v) is 5.05. The smallest absolute Gasteiger partial charge is 0.339 e. The molecule has 0 fully saturated rings. The number of amides is 1. The Labute approximate surface area is 163 Å². The van der Waals surface area contributed by atoms with Crippen molar-refractivity contribution in [2.75, 3.05) is 0 Å². The number of hydrogen-bond donors (Lipinski definition) is 1. The molecule has 0 heterocycles. The normalized spacial score (nSPS) is 11.3. The van der Waals surface area contributed by atoms with E-state index in [-0.39, 0.29) is 16.6 Å². The summed E-state index contributed by atoms with van der Waals surface area (Å²) < 4.78 is 29.9. The Morgan fingerprint density at radius 3 is 2.39 bits per heavy atom. The molecule has 0 unspecified atom stereocenters. The Kier molecular flexibility index (Phi) is 5.86. The molecule has 0 bridgehead atoms. The lowest BCUT2D eigenvalue weighted by atomic mass is 10.2. The van der Waals surface area contributed by atoms with E-state index in [4.69, 9.17) is 4.18 Å². The van der Waals surface area contributed by atoms with Crippen LogP contribution in [0.2, 0.25) is 0 Å². The fourth-order valence-corrected chi connectivity index (χ4v) is 3.27. The minimum atomic E-state index is -3.93. The number of hydrogen-bond acceptors (Lipinski definition) is 5. The van der Waals surface area contributed by atoms with Gasteiger partial charge in [-0.2, -0.15) is 13.5 Å². The van der Waals surface area contributed by atoms with Crippen molar-refractivity contribution >= 4 is 22.2 Å². The highest BCUT2D eigenvalue weighted by Gasteiger charge is 2.16. The van der Waals surface area contributed by atoms with Gasteiger partial charge in [-0.1, -0.05) is 48.0 Å². The first-order valence-electron chi connectivity index (χ1n) is 8.44. The maximum absolute atomic E-state index is 12.4. The van der Waals surface area contributed by atoms with E-state index in [9.17, 15) is 13.2 Å². The average Bonchev–Trinajstić information content (AvgIpc) is 2.69. The highest BCUT2D eigenvalue weighted by molar-refractivity contribution is 7.87. The van der Waals surface area contributed by atoms with Crippen LogP contribution in [0.5, 0.6) is 5.75 Å². The minimum Gasteiger partial charge on any atom is -0.379 e. The Morgan fingerprint density at radius 2 is 1.68 bits per heavy atom. The van der Waals surface area contributed by atoms with Crippen LogP contribution in [0.25, 0.3) is 0 Å². The van der Waals surface area contributed by atoms with Gasteiger partial charge in [-0.3, -0.25) is 4.79 Å². The Morgan fingerprint density at radius 1 is 0.964 bits per heavy atom. The molecule has 1 N–H and O–H groups in total. The molecule has 6 nitrogen and oxygen atoms in total. The molecular formula is C21H18N2O4S. The van der Waals surface area contributed by atoms with Crippen LogP contribution >= 0.6 is 0 Å². The Hall–Kier alpha value is -3.45. The highest BCUT2D eigenvalue weighted by atomic mass is 32.2. The number of hydrazone groups is 1. The first-order chi connectivity index (χ1) is 13.4. The molecule has 1 amide bonds. The van der Waals surface area contributed by atoms with E-state index in [1.165, 1.54) is 30.5 Å². The van der Waals surface area contributed by atoms with Crippen molar-refractivity contribution in [3.63, 3.8) is 0 Å². The molecule has 0 atom stereocenters. The zero-order chi connectivity index (χ0) is 20.0. The predicted octanol–water partition coefficient (Wildman–Crippen LogP) is 3.53. The molecular weight excluding hydrogens is 376 g/mol. The fraction of sp³-hybridized carbons (Fsp3) is 0.0476. The number of rotatable bonds is 6. The van der Waals surface area contributed by atoms with E-state index >= 15 is 0 Å². The van der Waals surface area contributed by atoms with Crippen LogP contribution in [0.15, 0.2) is 88.9 Å². The van der Waals surface area contributed by atoms with Crippen LogP contribution in [0.1, 0.15) is 21.5 Å². The summed E-state index contributed by atoms with van der Waals surface area (Å²) in [4.78, 5) is 12.0. The van der Waals surface area contributed by atoms with Crippen molar-refractivity contribution in [2.45, 2.75) is 11.8 Å². The molecule has 0 aromatic heterocycles. The molecule has 0 aliphatic rings. The molecule has 3 aromatic carbocycles. The zero-order valence-electron chi connectivity index (χ0n) is 15.1. The summed E-state index contributed by atoms with van der Waals surface area (Å²) in [6, 6.07) is 21.5. The summed E-state index contributed by atoms with van der Waals surface area (Å²) in [6.07, 6.45) is 1.41. The van der Waals surface area contributed by atoms with Crippen LogP contribution in [0.3, 0.4) is 0 Å². The van der Waals surface area contributed by atoms with E-state index in [0.29, 0.717) is 11.1 Å². The van der Waals surface area contributed by atoms with Crippen molar-refractivity contribution in [1.29, 1.82) is 0 Å². The van der Waals surface area contributed by atoms with Crippen LogP contribution in [-0.2, 0) is 10.1 Å². The van der Waals surface area contributed by atoms with Crippen molar-refractivity contribution < 1.29 is 17.4 Å². The Balaban J connectivity index is 1.68. The summed E-state index contributed by atoms with van der Waals surface area (Å²) in [7, 11) is -3.93. The average molecular weight is 394 g/mol. The number of nitrogens with one attached hydrogen (secondary N) is 1. The molecule has 142 valence electrons. The molecule has 0 saturated heterocycles. The van der Waals surface area contributed by atoms with Gasteiger partial charge in [-0.25, -0.2) is 5.43 Å². The zero-order valence-corrected chi connectivity index (χ0v) is 15.9. The molecule has 0 saturated carbocycles. The molecule has 0 aliphatic heterocycles. The lowest BCUT2D eigenvalue weighted by molar-refractivity contribution is 0.0955. The minimum absolute atomic E-state index is 0.0762. The van der Waals surface area contributed by atoms with Gasteiger partial charge >= 0.3 is 10.1 Å². The van der Waals surface area contributed by atoms with Crippen molar-refractivity contribution in [2.24, 2.45) is 5.10 Å². The molecule has 3 aromatic rings. The number of aryl methyl sites for hydroxylation is 1. The molecule has 7 heteroatoms. The van der Waals surface area contributed by atoms with E-state index < -0.39 is 10.1 Å². The van der Waals surface area contributed by atoms with Crippen molar-refractivity contribution in [1.82, 2.24) is 5.43 Å². The van der Waals surface area contributed by atoms with E-state index in [1.54, 1.807) is 48.5 Å². The summed E-state index contributed by atoms with van der Waals surface area (Å²) in [5, 5.41) is 3.89. The van der Waals surface area contributed by atoms with Gasteiger partial charge in [0.1, 0.15) is 10.6 Å². The molecule has 0 radical (unpaired) electrons. The molecule has 0 aliphatic carbocycles. The van der Waals surface area contributed by atoms with Crippen LogP contribution in [-0.4, -0.2) is 20.5 Å². The predicted molar refractivity (Wildman–Crippen MR) is 107 cm³/mol. The van der Waals surface area contributed by atoms with Gasteiger partial charge in [0.15, 0.2) is 0 Å². The maximum Gasteiger partial charge on any atom is 0.339 e. The highest BCUT2D eigenvalue weighted by Crippen LogP contribution is 2.19. The van der Waals surface area contributed by atoms with Crippen molar-refractivity contribution in [3.05, 3.63) is 95.6 Å². The van der Waals surface area contributed by atoms with Gasteiger partial charge in [-0.15, -0.1) is 0 Å². The van der Waals surface area contributed by atoms with Crippen molar-refractivity contribution in [3.8, 4) is 5.75 Å². The summed E-state index contributed by atoms with van der Waals surface area (Å²) >= 11 is 0. The summed E-state index contributed by atoms with van der Waals surface area (Å²) in [5.41, 5.74) is 4.43. The maximum atomic E-state index is 12.4. The van der Waals surface area contributed by atoms with Crippen LogP contribution < -0.4 is 9.61 Å². The molecule has 28 heavy (non-hydrogen) atoms. The second-order valence-electron chi connectivity index (χ2n) is 5.99. The third-order valence-electron chi connectivity index (χ3n) is 3.79. The topological polar surface area (TPSA) is 84.8 Å². The van der Waals surface area contributed by atoms with Gasteiger partial charge in [0.2, 0.25) is 0 Å². The van der Waals surface area contributed by atoms with E-state index in [0.717, 1.165) is 5.56 Å². The largest absolute Gasteiger partial charge is 0.379 e. The first kappa shape index (κ1) is 19.3. The third kappa shape index (κ3) is 5.05. The lowest BCUT2D eigenvalue weighted by Crippen LogP contribution is -2.17. The number of carbonyl (C=O) groups excluding carboxylic acids is 1. The first-order valence-corrected chi connectivity index (χ1v) is 9.84. The summed E-state index contributed by atoms with van der Waals surface area (Å²) in [6.45, 7) is 1.87. The fourth-order valence-electron chi connectivity index (χ4n) is 2.35. The molecule has 3 rings (SSSR count). The van der Waals surface area contributed by atoms with Gasteiger partial charge in [0.05, 0.1) is 6.21 Å². The van der Waals surface area contributed by atoms with Gasteiger partial charge in [-0.05, 0) is 48.9 Å². The monoisotopic (exact) mass is 394 g/mol. The van der Waals surface area contributed by atoms with Crippen LogP contribution in [0.4, 0.5) is 0 Å². The second kappa shape index (κ2) is 8.49. The lowest BCUT2D eigenvalue weighted by Gasteiger charge is -2.07. The second-order valence-corrected chi connectivity index (χ2v) is 7.53. The number of carbonyl (C=O) groups is 1. The van der Waals surface area contributed by atoms with Gasteiger partial charge in [0.25, 0.3) is 5.91 Å². The standard InChI is InChI=1S/C21H18N2O4S/c1-16-10-12-20(13-11-16)28(25,26)27-19-9-5-6-17(14-19)15-22-23-21(24)18-7-3-2-4-8-18/h2-15H,1H3,(H,23,24)/b22-15-. The Bertz CT molecular complexity index is 1090. The van der Waals surface area contributed by atoms with E-state index in [1.807, 2.05) is 13.0 Å². The number of benzene rings is 3.